The van der Waals surface area contributed by atoms with Crippen LogP contribution in [0.5, 0.6) is 0 Å². The Morgan fingerprint density at radius 1 is 1.27 bits per heavy atom. The van der Waals surface area contributed by atoms with E-state index in [-0.39, 0.29) is 11.0 Å². The van der Waals surface area contributed by atoms with Gasteiger partial charge in [-0.25, -0.2) is 4.79 Å². The summed E-state index contributed by atoms with van der Waals surface area (Å²) in [7, 11) is 1.33. The molecule has 2 N–H and O–H groups in total. The number of rotatable bonds is 8. The predicted molar refractivity (Wildman–Crippen MR) is 104 cm³/mol. The molecule has 0 radical (unpaired) electrons. The van der Waals surface area contributed by atoms with Crippen molar-refractivity contribution in [1.82, 2.24) is 15.2 Å². The maximum Gasteiger partial charge on any atom is 0.339 e. The van der Waals surface area contributed by atoms with Crippen molar-refractivity contribution in [2.24, 2.45) is 5.92 Å². The molecule has 9 heteroatoms. The van der Waals surface area contributed by atoms with Crippen molar-refractivity contribution in [3.8, 4) is 0 Å². The van der Waals surface area contributed by atoms with Gasteiger partial charge in [0.1, 0.15) is 0 Å². The Hall–Kier alpha value is -1.87. The molecule has 2 rings (SSSR count). The topological polar surface area (TPSA) is 97.0 Å². The standard InChI is InChI=1S/C17H24N4O3S2/c1-8(2)7-18-16-20-21-17(26-16)25-11(5)14(22)13-9(3)12(10(4)19-13)15(23)24-6/h8,11,19H,7H2,1-6H3,(H,18,20). The number of esters is 1. The molecule has 0 aliphatic rings. The molecule has 0 spiro atoms. The lowest BCUT2D eigenvalue weighted by molar-refractivity contribution is 0.0599. The highest BCUT2D eigenvalue weighted by molar-refractivity contribution is 8.02. The fourth-order valence-corrected chi connectivity index (χ4v) is 4.39. The van der Waals surface area contributed by atoms with Crippen LogP contribution in [0, 0.1) is 19.8 Å². The third kappa shape index (κ3) is 4.64. The van der Waals surface area contributed by atoms with Crippen LogP contribution in [0.1, 0.15) is 52.9 Å². The molecule has 0 amide bonds. The number of aromatic amines is 1. The number of hydrogen-bond donors (Lipinski definition) is 2. The van der Waals surface area contributed by atoms with Gasteiger partial charge in [0.2, 0.25) is 5.13 Å². The van der Waals surface area contributed by atoms with Crippen molar-refractivity contribution in [2.45, 2.75) is 44.2 Å². The number of carbonyl (C=O) groups excluding carboxylic acids is 2. The third-order valence-electron chi connectivity index (χ3n) is 3.79. The molecular formula is C17H24N4O3S2. The summed E-state index contributed by atoms with van der Waals surface area (Å²) in [5.41, 5.74) is 2.10. The van der Waals surface area contributed by atoms with Gasteiger partial charge < -0.3 is 15.0 Å². The first-order valence-electron chi connectivity index (χ1n) is 8.30. The molecule has 0 aliphatic heterocycles. The van der Waals surface area contributed by atoms with E-state index >= 15 is 0 Å². The molecule has 0 fully saturated rings. The number of thioether (sulfide) groups is 1. The van der Waals surface area contributed by atoms with Gasteiger partial charge >= 0.3 is 5.97 Å². The van der Waals surface area contributed by atoms with E-state index in [4.69, 9.17) is 4.74 Å². The van der Waals surface area contributed by atoms with Gasteiger partial charge in [-0.3, -0.25) is 4.79 Å². The molecule has 0 aliphatic carbocycles. The number of nitrogens with one attached hydrogen (secondary N) is 2. The maximum absolute atomic E-state index is 12.8. The highest BCUT2D eigenvalue weighted by Gasteiger charge is 2.26. The molecule has 0 aromatic carbocycles. The second-order valence-electron chi connectivity index (χ2n) is 6.39. The van der Waals surface area contributed by atoms with Crippen LogP contribution in [-0.4, -0.2) is 45.8 Å². The van der Waals surface area contributed by atoms with Gasteiger partial charge in [-0.15, -0.1) is 10.2 Å². The largest absolute Gasteiger partial charge is 0.465 e. The van der Waals surface area contributed by atoms with Crippen molar-refractivity contribution in [3.63, 3.8) is 0 Å². The molecule has 0 saturated heterocycles. The van der Waals surface area contributed by atoms with Gasteiger partial charge in [0.05, 0.1) is 23.6 Å². The molecule has 2 aromatic rings. The van der Waals surface area contributed by atoms with Crippen LogP contribution in [-0.2, 0) is 4.74 Å². The van der Waals surface area contributed by atoms with Gasteiger partial charge in [0, 0.05) is 12.2 Å². The van der Waals surface area contributed by atoms with Crippen molar-refractivity contribution in [2.75, 3.05) is 19.0 Å². The van der Waals surface area contributed by atoms with Crippen molar-refractivity contribution in [1.29, 1.82) is 0 Å². The summed E-state index contributed by atoms with van der Waals surface area (Å²) >= 11 is 2.79. The quantitative estimate of drug-likeness (QED) is 0.399. The fourth-order valence-electron chi connectivity index (χ4n) is 2.43. The van der Waals surface area contributed by atoms with Crippen LogP contribution < -0.4 is 5.32 Å². The maximum atomic E-state index is 12.8. The summed E-state index contributed by atoms with van der Waals surface area (Å²) in [6.07, 6.45) is 0. The number of nitrogens with zero attached hydrogens (tertiary/aromatic N) is 2. The van der Waals surface area contributed by atoms with E-state index in [1.54, 1.807) is 13.8 Å². The number of H-pyrrole nitrogens is 1. The number of carbonyl (C=O) groups is 2. The summed E-state index contributed by atoms with van der Waals surface area (Å²) < 4.78 is 5.52. The molecule has 0 bridgehead atoms. The first kappa shape index (κ1) is 20.4. The number of Topliss-reactive ketones (excluding diaryl/α,β-unsaturated/α-hetero) is 1. The number of aromatic nitrogens is 3. The van der Waals surface area contributed by atoms with Gasteiger partial charge in [-0.2, -0.15) is 0 Å². The zero-order chi connectivity index (χ0) is 19.4. The summed E-state index contributed by atoms with van der Waals surface area (Å²) in [6.45, 7) is 10.4. The van der Waals surface area contributed by atoms with E-state index in [0.29, 0.717) is 28.4 Å². The number of aryl methyl sites for hydroxylation is 1. The van der Waals surface area contributed by atoms with Crippen LogP contribution in [0.2, 0.25) is 0 Å². The molecule has 2 heterocycles. The lowest BCUT2D eigenvalue weighted by Crippen LogP contribution is -2.15. The van der Waals surface area contributed by atoms with E-state index in [9.17, 15) is 9.59 Å². The second kappa shape index (κ2) is 8.68. The molecule has 1 atom stereocenters. The smallest absolute Gasteiger partial charge is 0.339 e. The average Bonchev–Trinajstić information content (AvgIpc) is 3.15. The third-order valence-corrected chi connectivity index (χ3v) is 5.85. The number of hydrogen-bond acceptors (Lipinski definition) is 8. The van der Waals surface area contributed by atoms with Crippen molar-refractivity contribution < 1.29 is 14.3 Å². The molecule has 7 nitrogen and oxygen atoms in total. The second-order valence-corrected chi connectivity index (χ2v) is 8.95. The van der Waals surface area contributed by atoms with Gasteiger partial charge in [0.25, 0.3) is 0 Å². The zero-order valence-electron chi connectivity index (χ0n) is 15.8. The molecule has 0 saturated carbocycles. The number of anilines is 1. The Bertz CT molecular complexity index is 798. The summed E-state index contributed by atoms with van der Waals surface area (Å²) in [6, 6.07) is 0. The minimum atomic E-state index is -0.444. The minimum absolute atomic E-state index is 0.0855. The molecular weight excluding hydrogens is 372 g/mol. The lowest BCUT2D eigenvalue weighted by Gasteiger charge is -2.07. The molecule has 2 aromatic heterocycles. The highest BCUT2D eigenvalue weighted by Crippen LogP contribution is 2.31. The number of methoxy groups -OCH3 is 1. The fraction of sp³-hybridized carbons (Fsp3) is 0.529. The number of ether oxygens (including phenoxy) is 1. The summed E-state index contributed by atoms with van der Waals surface area (Å²) in [5, 5.41) is 11.8. The van der Waals surface area contributed by atoms with Crippen LogP contribution in [0.15, 0.2) is 4.34 Å². The van der Waals surface area contributed by atoms with E-state index in [2.05, 4.69) is 34.3 Å². The van der Waals surface area contributed by atoms with Crippen LogP contribution in [0.4, 0.5) is 5.13 Å². The molecule has 26 heavy (non-hydrogen) atoms. The van der Waals surface area contributed by atoms with Crippen molar-refractivity contribution >= 4 is 40.0 Å². The Morgan fingerprint density at radius 3 is 2.58 bits per heavy atom. The average molecular weight is 397 g/mol. The van der Waals surface area contributed by atoms with Crippen molar-refractivity contribution in [3.05, 3.63) is 22.5 Å². The molecule has 142 valence electrons. The summed E-state index contributed by atoms with van der Waals surface area (Å²) in [4.78, 5) is 27.7. The summed E-state index contributed by atoms with van der Waals surface area (Å²) in [5.74, 6) is -0.0168. The van der Waals surface area contributed by atoms with Gasteiger partial charge in [-0.1, -0.05) is 36.9 Å². The Labute approximate surface area is 161 Å². The number of ketones is 1. The van der Waals surface area contributed by atoms with E-state index < -0.39 is 5.97 Å². The predicted octanol–water partition coefficient (Wildman–Crippen LogP) is 3.70. The van der Waals surface area contributed by atoms with Crippen LogP contribution >= 0.6 is 23.1 Å². The van der Waals surface area contributed by atoms with Crippen LogP contribution in [0.3, 0.4) is 0 Å². The van der Waals surface area contributed by atoms with E-state index in [1.165, 1.54) is 30.2 Å². The monoisotopic (exact) mass is 396 g/mol. The Balaban J connectivity index is 2.10. The van der Waals surface area contributed by atoms with Gasteiger partial charge in [0.15, 0.2) is 10.1 Å². The first-order chi connectivity index (χ1) is 12.2. The van der Waals surface area contributed by atoms with E-state index in [0.717, 1.165) is 16.0 Å². The highest BCUT2D eigenvalue weighted by atomic mass is 32.2. The lowest BCUT2D eigenvalue weighted by atomic mass is 10.1. The zero-order valence-corrected chi connectivity index (χ0v) is 17.4. The van der Waals surface area contributed by atoms with Crippen LogP contribution in [0.25, 0.3) is 0 Å². The van der Waals surface area contributed by atoms with Gasteiger partial charge in [-0.05, 0) is 32.3 Å². The Morgan fingerprint density at radius 2 is 1.96 bits per heavy atom. The Kier molecular flexibility index (Phi) is 6.82. The first-order valence-corrected chi connectivity index (χ1v) is 9.99. The van der Waals surface area contributed by atoms with E-state index in [1.807, 2.05) is 6.92 Å². The molecule has 1 unspecified atom stereocenters. The minimum Gasteiger partial charge on any atom is -0.465 e. The SMILES string of the molecule is COC(=O)c1c(C)[nH]c(C(=O)C(C)Sc2nnc(NCC(C)C)s2)c1C. The normalized spacial score (nSPS) is 12.3.